The molecule has 2 atom stereocenters. The second-order valence-electron chi connectivity index (χ2n) is 11.6. The maximum atomic E-state index is 13.4. The second-order valence-corrected chi connectivity index (χ2v) is 11.6. The Hall–Kier alpha value is -4.16. The molecule has 2 saturated heterocycles. The normalized spacial score (nSPS) is 20.6. The number of fused-ring (bicyclic) bond motifs is 3. The van der Waals surface area contributed by atoms with Crippen LogP contribution in [0.3, 0.4) is 0 Å². The molecule has 0 saturated carbocycles. The van der Waals surface area contributed by atoms with Crippen molar-refractivity contribution in [1.82, 2.24) is 34.3 Å². The van der Waals surface area contributed by atoms with E-state index in [4.69, 9.17) is 10.7 Å². The van der Waals surface area contributed by atoms with E-state index in [2.05, 4.69) is 15.2 Å². The number of carbonyl (C=O) groups excluding carboxylic acids is 2. The summed E-state index contributed by atoms with van der Waals surface area (Å²) in [5.41, 5.74) is 9.92. The molecule has 41 heavy (non-hydrogen) atoms. The van der Waals surface area contributed by atoms with E-state index in [-0.39, 0.29) is 35.5 Å². The van der Waals surface area contributed by atoms with E-state index in [0.29, 0.717) is 29.7 Å². The van der Waals surface area contributed by atoms with Crippen LogP contribution >= 0.6 is 0 Å². The van der Waals surface area contributed by atoms with Crippen molar-refractivity contribution in [2.24, 2.45) is 12.5 Å². The van der Waals surface area contributed by atoms with Crippen molar-refractivity contribution >= 4 is 23.2 Å². The summed E-state index contributed by atoms with van der Waals surface area (Å²) in [5.74, 6) is -0.280. The number of nitrogens with zero attached hydrogens (tertiary/aromatic N) is 7. The van der Waals surface area contributed by atoms with Crippen LogP contribution in [0.15, 0.2) is 36.8 Å². The number of pyridine rings is 1. The van der Waals surface area contributed by atoms with Crippen molar-refractivity contribution in [2.75, 3.05) is 18.9 Å². The molecule has 2 bridgehead atoms. The quantitative estimate of drug-likeness (QED) is 0.288. The molecule has 12 nitrogen and oxygen atoms in total. The van der Waals surface area contributed by atoms with E-state index in [0.717, 1.165) is 35.4 Å². The summed E-state index contributed by atoms with van der Waals surface area (Å²) in [6.07, 6.45) is 8.16. The lowest BCUT2D eigenvalue weighted by molar-refractivity contribution is -0.151. The topological polar surface area (TPSA) is 165 Å². The van der Waals surface area contributed by atoms with E-state index < -0.39 is 18.6 Å². The molecule has 214 valence electrons. The van der Waals surface area contributed by atoms with Gasteiger partial charge in [0, 0.05) is 48.6 Å². The molecular weight excluding hydrogens is 524 g/mol. The summed E-state index contributed by atoms with van der Waals surface area (Å²) in [6, 6.07) is 5.58. The van der Waals surface area contributed by atoms with E-state index in [9.17, 15) is 19.8 Å². The van der Waals surface area contributed by atoms with Crippen molar-refractivity contribution in [3.63, 3.8) is 0 Å². The van der Waals surface area contributed by atoms with Gasteiger partial charge in [0.2, 0.25) is 5.91 Å². The first kappa shape index (κ1) is 27.0. The minimum Gasteiger partial charge on any atom is -0.395 e. The molecule has 1 amide bonds. The summed E-state index contributed by atoms with van der Waals surface area (Å²) in [6.45, 7) is 2.22. The third kappa shape index (κ3) is 4.38. The fourth-order valence-electron chi connectivity index (χ4n) is 6.38. The Morgan fingerprint density at radius 1 is 1.07 bits per heavy atom. The maximum absolute atomic E-state index is 13.4. The molecule has 4 aromatic rings. The highest BCUT2D eigenvalue weighted by atomic mass is 16.3. The summed E-state index contributed by atoms with van der Waals surface area (Å²) in [7, 11) is 1.86. The SMILES string of the molecule is CC(=O)c1c(C2CC3CCC(C2)N3C(=O)C(C)(CO)CO)nc2c(-c3ccc(-c4ccn(C)n4)nc3)cnn2c1N. The number of Topliss-reactive ketones (excluding diaryl/α,β-unsaturated/α-hetero) is 1. The highest BCUT2D eigenvalue weighted by Crippen LogP contribution is 2.46. The van der Waals surface area contributed by atoms with Gasteiger partial charge in [-0.25, -0.2) is 4.98 Å². The first-order chi connectivity index (χ1) is 19.6. The molecule has 6 heterocycles. The number of anilines is 1. The number of piperidine rings is 1. The van der Waals surface area contributed by atoms with Gasteiger partial charge in [-0.2, -0.15) is 14.7 Å². The number of aromatic nitrogens is 6. The lowest BCUT2D eigenvalue weighted by Crippen LogP contribution is -2.54. The number of rotatable bonds is 7. The van der Waals surface area contributed by atoms with Crippen LogP contribution in [0.2, 0.25) is 0 Å². The molecule has 0 radical (unpaired) electrons. The van der Waals surface area contributed by atoms with Crippen LogP contribution in [0, 0.1) is 5.41 Å². The Morgan fingerprint density at radius 3 is 2.34 bits per heavy atom. The molecule has 0 aromatic carbocycles. The fourth-order valence-corrected chi connectivity index (χ4v) is 6.38. The van der Waals surface area contributed by atoms with Gasteiger partial charge in [0.15, 0.2) is 11.4 Å². The van der Waals surface area contributed by atoms with Crippen molar-refractivity contribution in [1.29, 1.82) is 0 Å². The Kier molecular flexibility index (Phi) is 6.62. The standard InChI is InChI=1S/C29H34N8O4/c1-16(40)24-25(18-10-19-5-6-20(11-18)36(19)28(41)29(2,14-38)15-39)33-27-21(13-32-37(27)26(24)30)17-4-7-22(31-12-17)23-8-9-35(3)34-23/h4,7-9,12-13,18-20,38-39H,5-6,10-11,14-15,30H2,1-3H3. The fraction of sp³-hybridized carbons (Fsp3) is 0.448. The number of nitrogens with two attached hydrogens (primary N) is 1. The average molecular weight is 559 g/mol. The number of aryl methyl sites for hydroxylation is 1. The van der Waals surface area contributed by atoms with Crippen molar-refractivity contribution in [3.8, 4) is 22.5 Å². The second kappa shape index (κ2) is 10.0. The Morgan fingerprint density at radius 2 is 1.78 bits per heavy atom. The highest BCUT2D eigenvalue weighted by Gasteiger charge is 2.49. The first-order valence-electron chi connectivity index (χ1n) is 13.8. The minimum absolute atomic E-state index is 0.0737. The van der Waals surface area contributed by atoms with Gasteiger partial charge < -0.3 is 20.8 Å². The third-order valence-corrected chi connectivity index (χ3v) is 8.68. The van der Waals surface area contributed by atoms with E-state index >= 15 is 0 Å². The number of amides is 1. The Balaban J connectivity index is 1.37. The largest absolute Gasteiger partial charge is 0.395 e. The first-order valence-corrected chi connectivity index (χ1v) is 13.8. The van der Waals surface area contributed by atoms with Crippen molar-refractivity contribution in [3.05, 3.63) is 48.0 Å². The molecule has 6 rings (SSSR count). The number of aliphatic hydroxyl groups excluding tert-OH is 2. The molecule has 2 unspecified atom stereocenters. The van der Waals surface area contributed by atoms with Crippen molar-refractivity contribution < 1.29 is 19.8 Å². The van der Waals surface area contributed by atoms with Crippen LogP contribution in [0.25, 0.3) is 28.2 Å². The van der Waals surface area contributed by atoms with Gasteiger partial charge in [-0.1, -0.05) is 6.07 Å². The number of nitrogen functional groups attached to an aromatic ring is 1. The van der Waals surface area contributed by atoms with Crippen LogP contribution in [0.1, 0.15) is 61.5 Å². The predicted octanol–water partition coefficient (Wildman–Crippen LogP) is 2.20. The highest BCUT2D eigenvalue weighted by molar-refractivity contribution is 6.00. The molecular formula is C29H34N8O4. The minimum atomic E-state index is -1.23. The number of carbonyl (C=O) groups is 2. The molecule has 0 aliphatic carbocycles. The van der Waals surface area contributed by atoms with Gasteiger partial charge in [-0.3, -0.25) is 19.3 Å². The molecule has 4 aromatic heterocycles. The van der Waals surface area contributed by atoms with Crippen LogP contribution in [0.4, 0.5) is 5.82 Å². The van der Waals surface area contributed by atoms with Gasteiger partial charge in [0.25, 0.3) is 0 Å². The lowest BCUT2D eigenvalue weighted by atomic mass is 9.82. The van der Waals surface area contributed by atoms with E-state index in [1.807, 2.05) is 36.3 Å². The molecule has 2 aliphatic rings. The number of hydrogen-bond donors (Lipinski definition) is 3. The molecule has 12 heteroatoms. The lowest BCUT2D eigenvalue weighted by Gasteiger charge is -2.42. The molecule has 4 N–H and O–H groups in total. The van der Waals surface area contributed by atoms with Crippen molar-refractivity contribution in [2.45, 2.75) is 57.5 Å². The average Bonchev–Trinajstić information content (AvgIpc) is 3.67. The smallest absolute Gasteiger partial charge is 0.233 e. The third-order valence-electron chi connectivity index (χ3n) is 8.68. The van der Waals surface area contributed by atoms with Crippen LogP contribution < -0.4 is 5.73 Å². The number of aliphatic hydroxyl groups is 2. The Bertz CT molecular complexity index is 1620. The molecule has 2 aliphatic heterocycles. The van der Waals surface area contributed by atoms with Gasteiger partial charge >= 0.3 is 0 Å². The summed E-state index contributed by atoms with van der Waals surface area (Å²) in [5, 5.41) is 28.5. The van der Waals surface area contributed by atoms with Crippen LogP contribution in [0.5, 0.6) is 0 Å². The molecule has 2 fully saturated rings. The zero-order valence-corrected chi connectivity index (χ0v) is 23.4. The predicted molar refractivity (Wildman–Crippen MR) is 151 cm³/mol. The van der Waals surface area contributed by atoms with Crippen LogP contribution in [-0.4, -0.2) is 81.5 Å². The monoisotopic (exact) mass is 558 g/mol. The van der Waals surface area contributed by atoms with E-state index in [1.54, 1.807) is 24.0 Å². The van der Waals surface area contributed by atoms with Gasteiger partial charge in [0.1, 0.15) is 11.5 Å². The number of hydrogen-bond acceptors (Lipinski definition) is 9. The summed E-state index contributed by atoms with van der Waals surface area (Å²) in [4.78, 5) is 37.7. The van der Waals surface area contributed by atoms with Gasteiger partial charge in [-0.15, -0.1) is 0 Å². The Labute approximate surface area is 236 Å². The molecule has 0 spiro atoms. The van der Waals surface area contributed by atoms with Gasteiger partial charge in [-0.05, 0) is 51.7 Å². The summed E-state index contributed by atoms with van der Waals surface area (Å²) >= 11 is 0. The maximum Gasteiger partial charge on any atom is 0.233 e. The zero-order valence-electron chi connectivity index (χ0n) is 23.4. The summed E-state index contributed by atoms with van der Waals surface area (Å²) < 4.78 is 3.23. The number of ketones is 1. The van der Waals surface area contributed by atoms with Crippen LogP contribution in [-0.2, 0) is 11.8 Å². The zero-order chi connectivity index (χ0) is 29.1. The van der Waals surface area contributed by atoms with Gasteiger partial charge in [0.05, 0.1) is 41.8 Å². The van der Waals surface area contributed by atoms with E-state index in [1.165, 1.54) is 11.4 Å².